The normalized spacial score (nSPS) is 10.5. The van der Waals surface area contributed by atoms with Gasteiger partial charge in [0, 0.05) is 6.54 Å². The maximum absolute atomic E-state index is 9.43. The Bertz CT molecular complexity index is 616. The number of hydrogen-bond acceptors (Lipinski definition) is 5. The fourth-order valence-corrected chi connectivity index (χ4v) is 2.24. The second-order valence-electron chi connectivity index (χ2n) is 5.18. The van der Waals surface area contributed by atoms with E-state index in [4.69, 9.17) is 9.47 Å². The minimum atomic E-state index is -0.0830. The zero-order valence-corrected chi connectivity index (χ0v) is 13.3. The first-order valence-corrected chi connectivity index (χ1v) is 7.68. The van der Waals surface area contributed by atoms with Gasteiger partial charge in [-0.05, 0) is 49.2 Å². The molecule has 0 fully saturated rings. The number of aryl methyl sites for hydroxylation is 1. The zero-order valence-electron chi connectivity index (χ0n) is 13.3. The lowest BCUT2D eigenvalue weighted by Gasteiger charge is -2.10. The summed E-state index contributed by atoms with van der Waals surface area (Å²) in [5.74, 6) is 1.33. The summed E-state index contributed by atoms with van der Waals surface area (Å²) in [6, 6.07) is 12.5. The van der Waals surface area contributed by atoms with E-state index in [1.807, 2.05) is 30.3 Å². The molecule has 0 saturated carbocycles. The third-order valence-corrected chi connectivity index (χ3v) is 3.46. The molecule has 0 spiro atoms. The number of aromatic hydroxyl groups is 2. The average Bonchev–Trinajstić information content (AvgIpc) is 2.57. The number of para-hydroxylation sites is 2. The quantitative estimate of drug-likeness (QED) is 0.490. The highest BCUT2D eigenvalue weighted by Gasteiger charge is 2.02. The minimum absolute atomic E-state index is 0.0688. The Balaban J connectivity index is 1.60. The van der Waals surface area contributed by atoms with Crippen LogP contribution < -0.4 is 14.8 Å². The van der Waals surface area contributed by atoms with Crippen LogP contribution in [-0.4, -0.2) is 37.0 Å². The lowest BCUT2D eigenvalue weighted by Crippen LogP contribution is -2.22. The molecule has 5 nitrogen and oxygen atoms in total. The molecule has 0 radical (unpaired) electrons. The van der Waals surface area contributed by atoms with Crippen LogP contribution in [0.1, 0.15) is 12.0 Å². The summed E-state index contributed by atoms with van der Waals surface area (Å²) in [4.78, 5) is 0. The molecule has 5 heteroatoms. The van der Waals surface area contributed by atoms with Crippen LogP contribution in [0.3, 0.4) is 0 Å². The van der Waals surface area contributed by atoms with Crippen molar-refractivity contribution in [2.24, 2.45) is 0 Å². The largest absolute Gasteiger partial charge is 0.504 e. The summed E-state index contributed by atoms with van der Waals surface area (Å²) < 4.78 is 10.9. The van der Waals surface area contributed by atoms with E-state index in [1.54, 1.807) is 13.2 Å². The Kier molecular flexibility index (Phi) is 6.56. The standard InChI is InChI=1S/C18H23NO4/c1-22-17-6-2-3-7-18(17)23-12-11-19-10-4-5-14-8-9-15(20)16(21)13-14/h2-3,6-9,13,19-21H,4-5,10-12H2,1H3. The van der Waals surface area contributed by atoms with Crippen LogP contribution in [0.15, 0.2) is 42.5 Å². The smallest absolute Gasteiger partial charge is 0.161 e. The molecule has 0 bridgehead atoms. The molecule has 0 aliphatic rings. The van der Waals surface area contributed by atoms with Crippen molar-refractivity contribution in [1.29, 1.82) is 0 Å². The van der Waals surface area contributed by atoms with Crippen molar-refractivity contribution in [3.05, 3.63) is 48.0 Å². The predicted molar refractivity (Wildman–Crippen MR) is 89.5 cm³/mol. The van der Waals surface area contributed by atoms with Gasteiger partial charge in [0.2, 0.25) is 0 Å². The van der Waals surface area contributed by atoms with E-state index in [0.717, 1.165) is 43.0 Å². The lowest BCUT2D eigenvalue weighted by molar-refractivity contribution is 0.292. The van der Waals surface area contributed by atoms with E-state index in [2.05, 4.69) is 5.32 Å². The molecule has 2 aromatic rings. The van der Waals surface area contributed by atoms with Crippen LogP contribution in [0.5, 0.6) is 23.0 Å². The number of benzene rings is 2. The van der Waals surface area contributed by atoms with Crippen molar-refractivity contribution in [3.63, 3.8) is 0 Å². The molecule has 2 rings (SSSR count). The summed E-state index contributed by atoms with van der Waals surface area (Å²) in [5.41, 5.74) is 1.01. The number of phenols is 2. The first-order valence-electron chi connectivity index (χ1n) is 7.68. The maximum Gasteiger partial charge on any atom is 0.161 e. The van der Waals surface area contributed by atoms with Gasteiger partial charge in [0.15, 0.2) is 23.0 Å². The maximum atomic E-state index is 9.43. The van der Waals surface area contributed by atoms with Gasteiger partial charge in [-0.15, -0.1) is 0 Å². The molecular weight excluding hydrogens is 294 g/mol. The highest BCUT2D eigenvalue weighted by Crippen LogP contribution is 2.26. The van der Waals surface area contributed by atoms with E-state index in [0.29, 0.717) is 6.61 Å². The first-order chi connectivity index (χ1) is 11.2. The fourth-order valence-electron chi connectivity index (χ4n) is 2.24. The van der Waals surface area contributed by atoms with E-state index in [1.165, 1.54) is 6.07 Å². The van der Waals surface area contributed by atoms with Crippen molar-refractivity contribution in [2.75, 3.05) is 26.8 Å². The summed E-state index contributed by atoms with van der Waals surface area (Å²) >= 11 is 0. The number of nitrogens with one attached hydrogen (secondary N) is 1. The Morgan fingerprint density at radius 3 is 2.48 bits per heavy atom. The Morgan fingerprint density at radius 2 is 1.74 bits per heavy atom. The molecule has 124 valence electrons. The molecule has 3 N–H and O–H groups in total. The molecule has 0 heterocycles. The summed E-state index contributed by atoms with van der Waals surface area (Å²) in [5, 5.41) is 22.0. The Hall–Kier alpha value is -2.40. The average molecular weight is 317 g/mol. The molecule has 0 unspecified atom stereocenters. The van der Waals surface area contributed by atoms with Gasteiger partial charge in [-0.25, -0.2) is 0 Å². The van der Waals surface area contributed by atoms with E-state index < -0.39 is 0 Å². The van der Waals surface area contributed by atoms with E-state index >= 15 is 0 Å². The van der Waals surface area contributed by atoms with Crippen molar-refractivity contribution in [3.8, 4) is 23.0 Å². The van der Waals surface area contributed by atoms with E-state index in [-0.39, 0.29) is 11.5 Å². The number of methoxy groups -OCH3 is 1. The number of ether oxygens (including phenoxy) is 2. The van der Waals surface area contributed by atoms with Crippen LogP contribution in [-0.2, 0) is 6.42 Å². The first kappa shape index (κ1) is 17.0. The van der Waals surface area contributed by atoms with Crippen molar-refractivity contribution >= 4 is 0 Å². The molecule has 0 amide bonds. The molecule has 2 aromatic carbocycles. The highest BCUT2D eigenvalue weighted by molar-refractivity contribution is 5.40. The van der Waals surface area contributed by atoms with Gasteiger partial charge in [0.1, 0.15) is 6.61 Å². The van der Waals surface area contributed by atoms with E-state index in [9.17, 15) is 10.2 Å². The monoisotopic (exact) mass is 317 g/mol. The van der Waals surface area contributed by atoms with Gasteiger partial charge >= 0.3 is 0 Å². The molecule has 0 saturated heterocycles. The summed E-state index contributed by atoms with van der Waals surface area (Å²) in [6.45, 7) is 2.18. The molecule has 0 aromatic heterocycles. The van der Waals surface area contributed by atoms with Gasteiger partial charge in [-0.3, -0.25) is 0 Å². The topological polar surface area (TPSA) is 71.0 Å². The van der Waals surface area contributed by atoms with Crippen molar-refractivity contribution in [1.82, 2.24) is 5.32 Å². The molecular formula is C18H23NO4. The number of rotatable bonds is 9. The molecule has 0 atom stereocenters. The minimum Gasteiger partial charge on any atom is -0.504 e. The third-order valence-electron chi connectivity index (χ3n) is 3.46. The predicted octanol–water partition coefficient (Wildman–Crippen LogP) is 2.71. The summed E-state index contributed by atoms with van der Waals surface area (Å²) in [7, 11) is 1.63. The fraction of sp³-hybridized carbons (Fsp3) is 0.333. The van der Waals surface area contributed by atoms with Crippen LogP contribution in [0, 0.1) is 0 Å². The van der Waals surface area contributed by atoms with Crippen LogP contribution in [0.25, 0.3) is 0 Å². The summed E-state index contributed by atoms with van der Waals surface area (Å²) in [6.07, 6.45) is 1.78. The third kappa shape index (κ3) is 5.38. The van der Waals surface area contributed by atoms with Gasteiger partial charge < -0.3 is 25.0 Å². The number of hydrogen-bond donors (Lipinski definition) is 3. The lowest BCUT2D eigenvalue weighted by atomic mass is 10.1. The second kappa shape index (κ2) is 8.90. The van der Waals surface area contributed by atoms with Gasteiger partial charge in [-0.1, -0.05) is 18.2 Å². The van der Waals surface area contributed by atoms with Crippen LogP contribution >= 0.6 is 0 Å². The SMILES string of the molecule is COc1ccccc1OCCNCCCc1ccc(O)c(O)c1. The van der Waals surface area contributed by atoms with Gasteiger partial charge in [0.05, 0.1) is 7.11 Å². The Morgan fingerprint density at radius 1 is 0.957 bits per heavy atom. The van der Waals surface area contributed by atoms with Crippen LogP contribution in [0.4, 0.5) is 0 Å². The van der Waals surface area contributed by atoms with Gasteiger partial charge in [0.25, 0.3) is 0 Å². The van der Waals surface area contributed by atoms with Crippen LogP contribution in [0.2, 0.25) is 0 Å². The molecule has 23 heavy (non-hydrogen) atoms. The second-order valence-corrected chi connectivity index (χ2v) is 5.18. The highest BCUT2D eigenvalue weighted by atomic mass is 16.5. The molecule has 0 aliphatic carbocycles. The van der Waals surface area contributed by atoms with Gasteiger partial charge in [-0.2, -0.15) is 0 Å². The Labute approximate surface area is 136 Å². The van der Waals surface area contributed by atoms with Crippen molar-refractivity contribution < 1.29 is 19.7 Å². The number of phenolic OH excluding ortho intramolecular Hbond substituents is 2. The molecule has 0 aliphatic heterocycles. The van der Waals surface area contributed by atoms with Crippen molar-refractivity contribution in [2.45, 2.75) is 12.8 Å². The zero-order chi connectivity index (χ0) is 16.5.